The third-order valence-corrected chi connectivity index (χ3v) is 1.27. The van der Waals surface area contributed by atoms with Gasteiger partial charge in [-0.05, 0) is 6.42 Å². The summed E-state index contributed by atoms with van der Waals surface area (Å²) in [5.74, 6) is 0.183. The lowest BCUT2D eigenvalue weighted by Gasteiger charge is -1.94. The fraction of sp³-hybridized carbons (Fsp3) is 0.833. The zero-order valence-corrected chi connectivity index (χ0v) is 4.96. The first-order valence-corrected chi connectivity index (χ1v) is 2.90. The Kier molecular flexibility index (Phi) is 1.63. The van der Waals surface area contributed by atoms with E-state index in [1.54, 1.807) is 0 Å². The lowest BCUT2D eigenvalue weighted by atomic mass is 10.1. The molecule has 0 spiro atoms. The first-order chi connectivity index (χ1) is 3.83. The second-order valence-corrected chi connectivity index (χ2v) is 2.30. The van der Waals surface area contributed by atoms with Gasteiger partial charge in [0.15, 0.2) is 0 Å². The SMILES string of the molecule is CC(C=O)CC1CO1. The molecule has 1 aliphatic rings. The summed E-state index contributed by atoms with van der Waals surface area (Å²) in [4.78, 5) is 10.0. The molecule has 0 bridgehead atoms. The second-order valence-electron chi connectivity index (χ2n) is 2.30. The Labute approximate surface area is 48.8 Å². The minimum Gasteiger partial charge on any atom is -0.373 e. The molecular formula is C6H10O2. The van der Waals surface area contributed by atoms with E-state index in [9.17, 15) is 4.79 Å². The summed E-state index contributed by atoms with van der Waals surface area (Å²) in [5, 5.41) is 0. The molecule has 0 amide bonds. The number of carbonyl (C=O) groups excluding carboxylic acids is 1. The summed E-state index contributed by atoms with van der Waals surface area (Å²) in [7, 11) is 0. The van der Waals surface area contributed by atoms with Crippen molar-refractivity contribution in [3.8, 4) is 0 Å². The normalized spacial score (nSPS) is 29.4. The molecule has 2 nitrogen and oxygen atoms in total. The van der Waals surface area contributed by atoms with Gasteiger partial charge in [-0.15, -0.1) is 0 Å². The highest BCUT2D eigenvalue weighted by molar-refractivity contribution is 5.52. The third kappa shape index (κ3) is 1.62. The van der Waals surface area contributed by atoms with Crippen molar-refractivity contribution < 1.29 is 9.53 Å². The number of epoxide rings is 1. The number of ether oxygens (including phenoxy) is 1. The summed E-state index contributed by atoms with van der Waals surface area (Å²) in [6.45, 7) is 2.77. The maximum atomic E-state index is 10.0. The molecule has 0 aliphatic carbocycles. The maximum absolute atomic E-state index is 10.0. The summed E-state index contributed by atoms with van der Waals surface area (Å²) in [5.41, 5.74) is 0. The minimum atomic E-state index is 0.183. The second kappa shape index (κ2) is 2.27. The Morgan fingerprint density at radius 2 is 2.62 bits per heavy atom. The van der Waals surface area contributed by atoms with Gasteiger partial charge in [-0.3, -0.25) is 0 Å². The van der Waals surface area contributed by atoms with Gasteiger partial charge in [0.1, 0.15) is 6.29 Å². The van der Waals surface area contributed by atoms with Gasteiger partial charge in [0.05, 0.1) is 12.7 Å². The Morgan fingerprint density at radius 3 is 3.00 bits per heavy atom. The number of hydrogen-bond acceptors (Lipinski definition) is 2. The fourth-order valence-corrected chi connectivity index (χ4v) is 0.674. The quantitative estimate of drug-likeness (QED) is 0.397. The van der Waals surface area contributed by atoms with Crippen LogP contribution in [0.15, 0.2) is 0 Å². The molecule has 0 radical (unpaired) electrons. The predicted octanol–water partition coefficient (Wildman–Crippen LogP) is 0.610. The topological polar surface area (TPSA) is 29.6 Å². The lowest BCUT2D eigenvalue weighted by molar-refractivity contribution is -0.110. The number of aldehydes is 1. The molecule has 46 valence electrons. The van der Waals surface area contributed by atoms with Crippen molar-refractivity contribution in [1.82, 2.24) is 0 Å². The molecule has 2 unspecified atom stereocenters. The highest BCUT2D eigenvalue weighted by atomic mass is 16.6. The van der Waals surface area contributed by atoms with Crippen LogP contribution >= 0.6 is 0 Å². The number of hydrogen-bond donors (Lipinski definition) is 0. The van der Waals surface area contributed by atoms with Gasteiger partial charge in [-0.2, -0.15) is 0 Å². The maximum Gasteiger partial charge on any atom is 0.122 e. The molecule has 1 fully saturated rings. The molecule has 1 saturated heterocycles. The Bertz CT molecular complexity index is 86.5. The van der Waals surface area contributed by atoms with Crippen LogP contribution in [-0.4, -0.2) is 19.0 Å². The molecule has 1 rings (SSSR count). The van der Waals surface area contributed by atoms with Gasteiger partial charge in [-0.1, -0.05) is 6.92 Å². The van der Waals surface area contributed by atoms with Crippen LogP contribution in [0.25, 0.3) is 0 Å². The molecule has 0 aromatic heterocycles. The van der Waals surface area contributed by atoms with Gasteiger partial charge >= 0.3 is 0 Å². The first-order valence-electron chi connectivity index (χ1n) is 2.90. The lowest BCUT2D eigenvalue weighted by Crippen LogP contribution is -1.99. The minimum absolute atomic E-state index is 0.183. The van der Waals surface area contributed by atoms with Crippen molar-refractivity contribution >= 4 is 6.29 Å². The van der Waals surface area contributed by atoms with E-state index in [2.05, 4.69) is 0 Å². The summed E-state index contributed by atoms with van der Waals surface area (Å²) in [6.07, 6.45) is 2.28. The standard InChI is InChI=1S/C6H10O2/c1-5(3-7)2-6-4-8-6/h3,5-6H,2,4H2,1H3. The van der Waals surface area contributed by atoms with Crippen LogP contribution in [0.2, 0.25) is 0 Å². The van der Waals surface area contributed by atoms with Crippen molar-refractivity contribution in [2.75, 3.05) is 6.61 Å². The fourth-order valence-electron chi connectivity index (χ4n) is 0.674. The third-order valence-electron chi connectivity index (χ3n) is 1.27. The summed E-state index contributed by atoms with van der Waals surface area (Å²) in [6, 6.07) is 0. The van der Waals surface area contributed by atoms with Crippen molar-refractivity contribution in [3.05, 3.63) is 0 Å². The highest BCUT2D eigenvalue weighted by Gasteiger charge is 2.24. The molecule has 1 aliphatic heterocycles. The van der Waals surface area contributed by atoms with Gasteiger partial charge < -0.3 is 9.53 Å². The average Bonchev–Trinajstić information content (AvgIpc) is 2.50. The number of rotatable bonds is 3. The van der Waals surface area contributed by atoms with Crippen LogP contribution in [0.4, 0.5) is 0 Å². The van der Waals surface area contributed by atoms with E-state index in [1.165, 1.54) is 0 Å². The van der Waals surface area contributed by atoms with Gasteiger partial charge in [0, 0.05) is 5.92 Å². The molecule has 0 aromatic carbocycles. The number of carbonyl (C=O) groups is 1. The van der Waals surface area contributed by atoms with E-state index in [4.69, 9.17) is 4.74 Å². The van der Waals surface area contributed by atoms with Crippen molar-refractivity contribution in [2.45, 2.75) is 19.4 Å². The smallest absolute Gasteiger partial charge is 0.122 e. The molecule has 0 aromatic rings. The van der Waals surface area contributed by atoms with Crippen LogP contribution in [0, 0.1) is 5.92 Å². The summed E-state index contributed by atoms with van der Waals surface area (Å²) < 4.78 is 4.92. The average molecular weight is 114 g/mol. The highest BCUT2D eigenvalue weighted by Crippen LogP contribution is 2.17. The molecule has 1 heterocycles. The zero-order valence-electron chi connectivity index (χ0n) is 4.96. The van der Waals surface area contributed by atoms with Crippen molar-refractivity contribution in [2.24, 2.45) is 5.92 Å². The molecule has 2 heteroatoms. The van der Waals surface area contributed by atoms with Gasteiger partial charge in [0.25, 0.3) is 0 Å². The van der Waals surface area contributed by atoms with E-state index in [1.807, 2.05) is 6.92 Å². The first kappa shape index (κ1) is 5.76. The van der Waals surface area contributed by atoms with Crippen molar-refractivity contribution in [3.63, 3.8) is 0 Å². The zero-order chi connectivity index (χ0) is 5.98. The molecular weight excluding hydrogens is 104 g/mol. The van der Waals surface area contributed by atoms with Crippen LogP contribution in [0.1, 0.15) is 13.3 Å². The van der Waals surface area contributed by atoms with E-state index >= 15 is 0 Å². The largest absolute Gasteiger partial charge is 0.373 e. The van der Waals surface area contributed by atoms with E-state index in [0.717, 1.165) is 19.3 Å². The molecule has 8 heavy (non-hydrogen) atoms. The van der Waals surface area contributed by atoms with E-state index < -0.39 is 0 Å². The Hall–Kier alpha value is -0.370. The van der Waals surface area contributed by atoms with Gasteiger partial charge in [-0.25, -0.2) is 0 Å². The van der Waals surface area contributed by atoms with E-state index in [-0.39, 0.29) is 5.92 Å². The van der Waals surface area contributed by atoms with Crippen LogP contribution in [0.3, 0.4) is 0 Å². The summed E-state index contributed by atoms with van der Waals surface area (Å²) >= 11 is 0. The van der Waals surface area contributed by atoms with Gasteiger partial charge in [0.2, 0.25) is 0 Å². The predicted molar refractivity (Wildman–Crippen MR) is 29.6 cm³/mol. The molecule has 0 N–H and O–H groups in total. The Morgan fingerprint density at radius 1 is 2.00 bits per heavy atom. The van der Waals surface area contributed by atoms with Crippen LogP contribution in [-0.2, 0) is 9.53 Å². The van der Waals surface area contributed by atoms with E-state index in [0.29, 0.717) is 6.10 Å². The van der Waals surface area contributed by atoms with Crippen LogP contribution < -0.4 is 0 Å². The molecule has 0 saturated carbocycles. The monoisotopic (exact) mass is 114 g/mol. The van der Waals surface area contributed by atoms with Crippen molar-refractivity contribution in [1.29, 1.82) is 0 Å². The van der Waals surface area contributed by atoms with Crippen LogP contribution in [0.5, 0.6) is 0 Å². The molecule has 2 atom stereocenters. The Balaban J connectivity index is 2.06.